The number of hydrogen-bond donors (Lipinski definition) is 1. The number of carbonyl (C=O) groups is 1. The van der Waals surface area contributed by atoms with Gasteiger partial charge in [-0.25, -0.2) is 0 Å². The van der Waals surface area contributed by atoms with Gasteiger partial charge in [0.15, 0.2) is 0 Å². The normalized spacial score (nSPS) is 12.8. The fourth-order valence-corrected chi connectivity index (χ4v) is 2.37. The van der Waals surface area contributed by atoms with Crippen molar-refractivity contribution < 1.29 is 14.6 Å². The fraction of sp³-hybridized carbons (Fsp3) is 0.357. The number of methoxy groups -OCH3 is 1. The number of carboxylic acids is 1. The average Bonchev–Trinajstić information content (AvgIpc) is 2.67. The maximum absolute atomic E-state index is 10.9. The van der Waals surface area contributed by atoms with Gasteiger partial charge in [0, 0.05) is 37.2 Å². The van der Waals surface area contributed by atoms with Crippen molar-refractivity contribution in [2.75, 3.05) is 13.7 Å². The Labute approximate surface area is 106 Å². The lowest BCUT2D eigenvalue weighted by Crippen LogP contribution is -2.11. The molecule has 1 atom stereocenters. The third kappa shape index (κ3) is 2.38. The van der Waals surface area contributed by atoms with Crippen molar-refractivity contribution in [3.8, 4) is 0 Å². The lowest BCUT2D eigenvalue weighted by Gasteiger charge is -2.12. The van der Waals surface area contributed by atoms with Gasteiger partial charge in [-0.3, -0.25) is 4.79 Å². The van der Waals surface area contributed by atoms with Crippen LogP contribution in [0.4, 0.5) is 0 Å². The minimum absolute atomic E-state index is 0.0852. The van der Waals surface area contributed by atoms with Crippen LogP contribution in [0.15, 0.2) is 30.5 Å². The molecule has 18 heavy (non-hydrogen) atoms. The molecule has 0 amide bonds. The van der Waals surface area contributed by atoms with E-state index < -0.39 is 5.97 Å². The standard InChI is InChI=1S/C14H17NO3/c1-15-8-12(10(9-18-2)7-14(16)17)11-5-3-4-6-13(11)15/h3-6,8,10H,7,9H2,1-2H3,(H,16,17). The largest absolute Gasteiger partial charge is 0.481 e. The van der Waals surface area contributed by atoms with E-state index in [9.17, 15) is 4.79 Å². The van der Waals surface area contributed by atoms with E-state index in [1.807, 2.05) is 42.1 Å². The minimum Gasteiger partial charge on any atom is -0.481 e. The molecule has 0 radical (unpaired) electrons. The molecule has 2 rings (SSSR count). The van der Waals surface area contributed by atoms with E-state index in [-0.39, 0.29) is 12.3 Å². The van der Waals surface area contributed by atoms with Gasteiger partial charge in [-0.1, -0.05) is 18.2 Å². The van der Waals surface area contributed by atoms with Crippen LogP contribution >= 0.6 is 0 Å². The van der Waals surface area contributed by atoms with E-state index >= 15 is 0 Å². The monoisotopic (exact) mass is 247 g/mol. The summed E-state index contributed by atoms with van der Waals surface area (Å²) in [5, 5.41) is 10.1. The first-order chi connectivity index (χ1) is 8.63. The van der Waals surface area contributed by atoms with E-state index in [2.05, 4.69) is 0 Å². The van der Waals surface area contributed by atoms with Crippen molar-refractivity contribution >= 4 is 16.9 Å². The van der Waals surface area contributed by atoms with Crippen LogP contribution in [-0.2, 0) is 16.6 Å². The first kappa shape index (κ1) is 12.6. The highest BCUT2D eigenvalue weighted by Crippen LogP contribution is 2.29. The molecule has 0 saturated carbocycles. The molecule has 1 unspecified atom stereocenters. The predicted molar refractivity (Wildman–Crippen MR) is 69.8 cm³/mol. The summed E-state index contributed by atoms with van der Waals surface area (Å²) in [5.74, 6) is -0.913. The topological polar surface area (TPSA) is 51.5 Å². The first-order valence-corrected chi connectivity index (χ1v) is 5.88. The van der Waals surface area contributed by atoms with Crippen molar-refractivity contribution in [1.82, 2.24) is 4.57 Å². The summed E-state index contributed by atoms with van der Waals surface area (Å²) < 4.78 is 7.17. The molecule has 1 aromatic carbocycles. The molecule has 96 valence electrons. The van der Waals surface area contributed by atoms with E-state index in [0.29, 0.717) is 6.61 Å². The highest BCUT2D eigenvalue weighted by molar-refractivity contribution is 5.85. The molecule has 4 heteroatoms. The zero-order chi connectivity index (χ0) is 13.1. The molecule has 1 aromatic heterocycles. The quantitative estimate of drug-likeness (QED) is 0.882. The van der Waals surface area contributed by atoms with Crippen LogP contribution in [0.25, 0.3) is 10.9 Å². The Morgan fingerprint density at radius 2 is 2.17 bits per heavy atom. The minimum atomic E-state index is -0.801. The summed E-state index contributed by atoms with van der Waals surface area (Å²) in [6.07, 6.45) is 2.08. The van der Waals surface area contributed by atoms with Gasteiger partial charge >= 0.3 is 5.97 Å². The van der Waals surface area contributed by atoms with Gasteiger partial charge in [-0.05, 0) is 11.6 Å². The van der Waals surface area contributed by atoms with Crippen LogP contribution in [0.5, 0.6) is 0 Å². The maximum atomic E-state index is 10.9. The zero-order valence-corrected chi connectivity index (χ0v) is 10.6. The number of aryl methyl sites for hydroxylation is 1. The Kier molecular flexibility index (Phi) is 3.67. The average molecular weight is 247 g/mol. The van der Waals surface area contributed by atoms with Gasteiger partial charge in [0.1, 0.15) is 0 Å². The maximum Gasteiger partial charge on any atom is 0.304 e. The zero-order valence-electron chi connectivity index (χ0n) is 10.6. The molecule has 0 fully saturated rings. The first-order valence-electron chi connectivity index (χ1n) is 5.88. The number of rotatable bonds is 5. The lowest BCUT2D eigenvalue weighted by atomic mass is 9.96. The third-order valence-corrected chi connectivity index (χ3v) is 3.16. The van der Waals surface area contributed by atoms with Crippen LogP contribution in [0.2, 0.25) is 0 Å². The number of aliphatic carboxylic acids is 1. The van der Waals surface area contributed by atoms with Crippen molar-refractivity contribution in [3.63, 3.8) is 0 Å². The van der Waals surface area contributed by atoms with E-state index in [4.69, 9.17) is 9.84 Å². The van der Waals surface area contributed by atoms with Gasteiger partial charge in [-0.15, -0.1) is 0 Å². The fourth-order valence-electron chi connectivity index (χ4n) is 2.37. The molecule has 0 bridgehead atoms. The molecule has 1 heterocycles. The molecule has 1 N–H and O–H groups in total. The summed E-state index contributed by atoms with van der Waals surface area (Å²) in [4.78, 5) is 10.9. The number of para-hydroxylation sites is 1. The summed E-state index contributed by atoms with van der Waals surface area (Å²) in [5.41, 5.74) is 2.15. The highest BCUT2D eigenvalue weighted by atomic mass is 16.5. The Balaban J connectivity index is 2.46. The molecule has 2 aromatic rings. The van der Waals surface area contributed by atoms with Gasteiger partial charge in [0.05, 0.1) is 13.0 Å². The third-order valence-electron chi connectivity index (χ3n) is 3.16. The predicted octanol–water partition coefficient (Wildman–Crippen LogP) is 2.38. The van der Waals surface area contributed by atoms with E-state index in [0.717, 1.165) is 16.5 Å². The molecule has 0 spiro atoms. The molecule has 0 aliphatic heterocycles. The lowest BCUT2D eigenvalue weighted by molar-refractivity contribution is -0.137. The molecule has 0 aliphatic carbocycles. The summed E-state index contributed by atoms with van der Waals surface area (Å²) >= 11 is 0. The second kappa shape index (κ2) is 5.23. The number of carboxylic acid groups (broad SMARTS) is 1. The number of ether oxygens (including phenoxy) is 1. The second-order valence-electron chi connectivity index (χ2n) is 4.46. The van der Waals surface area contributed by atoms with Crippen LogP contribution < -0.4 is 0 Å². The number of fused-ring (bicyclic) bond motifs is 1. The Bertz CT molecular complexity index is 559. The van der Waals surface area contributed by atoms with Crippen molar-refractivity contribution in [3.05, 3.63) is 36.0 Å². The summed E-state index contributed by atoms with van der Waals surface area (Å²) in [6, 6.07) is 8.00. The number of aromatic nitrogens is 1. The van der Waals surface area contributed by atoms with Gasteiger partial charge < -0.3 is 14.4 Å². The van der Waals surface area contributed by atoms with Gasteiger partial charge in [-0.2, -0.15) is 0 Å². The molecular weight excluding hydrogens is 230 g/mol. The van der Waals surface area contributed by atoms with Crippen LogP contribution in [0.1, 0.15) is 17.9 Å². The molecule has 0 saturated heterocycles. The van der Waals surface area contributed by atoms with Crippen LogP contribution in [-0.4, -0.2) is 29.4 Å². The number of benzene rings is 1. The van der Waals surface area contributed by atoms with E-state index in [1.165, 1.54) is 0 Å². The Morgan fingerprint density at radius 1 is 1.44 bits per heavy atom. The molecular formula is C14H17NO3. The van der Waals surface area contributed by atoms with Crippen molar-refractivity contribution in [1.29, 1.82) is 0 Å². The number of hydrogen-bond acceptors (Lipinski definition) is 2. The Morgan fingerprint density at radius 3 is 2.83 bits per heavy atom. The smallest absolute Gasteiger partial charge is 0.304 e. The van der Waals surface area contributed by atoms with Gasteiger partial charge in [0.2, 0.25) is 0 Å². The summed E-state index contributed by atoms with van der Waals surface area (Å²) in [7, 11) is 3.57. The van der Waals surface area contributed by atoms with E-state index in [1.54, 1.807) is 7.11 Å². The Hall–Kier alpha value is -1.81. The summed E-state index contributed by atoms with van der Waals surface area (Å²) in [6.45, 7) is 0.417. The van der Waals surface area contributed by atoms with Crippen LogP contribution in [0.3, 0.4) is 0 Å². The second-order valence-corrected chi connectivity index (χ2v) is 4.46. The number of nitrogens with zero attached hydrogens (tertiary/aromatic N) is 1. The molecule has 4 nitrogen and oxygen atoms in total. The highest BCUT2D eigenvalue weighted by Gasteiger charge is 2.19. The molecule has 0 aliphatic rings. The SMILES string of the molecule is COCC(CC(=O)O)c1cn(C)c2ccccc12. The van der Waals surface area contributed by atoms with Crippen molar-refractivity contribution in [2.24, 2.45) is 7.05 Å². The van der Waals surface area contributed by atoms with Crippen LogP contribution in [0, 0.1) is 0 Å². The van der Waals surface area contributed by atoms with Crippen molar-refractivity contribution in [2.45, 2.75) is 12.3 Å². The van der Waals surface area contributed by atoms with Gasteiger partial charge in [0.25, 0.3) is 0 Å².